The molecule has 2 aromatic rings. The molecule has 0 aromatic carbocycles. The van der Waals surface area contributed by atoms with Gasteiger partial charge >= 0.3 is 6.09 Å². The first-order valence-electron chi connectivity index (χ1n) is 10.5. The Morgan fingerprint density at radius 2 is 2.06 bits per heavy atom. The van der Waals surface area contributed by atoms with Crippen LogP contribution in [0, 0.1) is 0 Å². The van der Waals surface area contributed by atoms with Gasteiger partial charge in [0, 0.05) is 55.4 Å². The largest absolute Gasteiger partial charge is 0.441 e. The minimum absolute atomic E-state index is 0.0969. The van der Waals surface area contributed by atoms with Gasteiger partial charge in [-0.2, -0.15) is 0 Å². The second-order valence-corrected chi connectivity index (χ2v) is 9.51. The number of hydrogen-bond acceptors (Lipinski definition) is 8. The zero-order valence-electron chi connectivity index (χ0n) is 17.7. The van der Waals surface area contributed by atoms with E-state index in [0.717, 1.165) is 47.0 Å². The van der Waals surface area contributed by atoms with Gasteiger partial charge in [-0.3, -0.25) is 4.98 Å². The Morgan fingerprint density at radius 1 is 1.29 bits per heavy atom. The maximum atomic E-state index is 12.3. The maximum absolute atomic E-state index is 12.3. The van der Waals surface area contributed by atoms with E-state index in [4.69, 9.17) is 9.47 Å². The van der Waals surface area contributed by atoms with Gasteiger partial charge in [0.15, 0.2) is 6.10 Å². The molecule has 0 unspecified atom stereocenters. The molecule has 0 spiro atoms. The van der Waals surface area contributed by atoms with E-state index < -0.39 is 5.60 Å². The molecule has 8 nitrogen and oxygen atoms in total. The van der Waals surface area contributed by atoms with Gasteiger partial charge in [0.2, 0.25) is 0 Å². The Morgan fingerprint density at radius 3 is 2.71 bits per heavy atom. The van der Waals surface area contributed by atoms with Gasteiger partial charge in [-0.25, -0.2) is 9.78 Å². The van der Waals surface area contributed by atoms with Crippen LogP contribution in [0.4, 0.5) is 10.5 Å². The third-order valence-electron chi connectivity index (χ3n) is 5.89. The number of rotatable bonds is 4. The van der Waals surface area contributed by atoms with Gasteiger partial charge in [0.05, 0.1) is 24.6 Å². The van der Waals surface area contributed by atoms with Crippen LogP contribution < -0.4 is 4.90 Å². The topological polar surface area (TPSA) is 88.0 Å². The molecule has 2 aliphatic heterocycles. The molecule has 164 valence electrons. The number of ether oxygens (including phenoxy) is 2. The Hall–Kier alpha value is -2.49. The number of pyridine rings is 1. The number of fused-ring (bicyclic) bond motifs is 1. The highest BCUT2D eigenvalue weighted by molar-refractivity contribution is 7.10. The minimum Gasteiger partial charge on any atom is -0.441 e. The summed E-state index contributed by atoms with van der Waals surface area (Å²) in [5.41, 5.74) is 4.17. The Labute approximate surface area is 185 Å². The van der Waals surface area contributed by atoms with Crippen molar-refractivity contribution >= 4 is 34.8 Å². The predicted molar refractivity (Wildman–Crippen MR) is 118 cm³/mol. The van der Waals surface area contributed by atoms with Gasteiger partial charge < -0.3 is 24.4 Å². The molecule has 5 rings (SSSR count). The number of piperazine rings is 1. The number of allylic oxidation sites excluding steroid dienone is 1. The molecular weight excluding hydrogens is 416 g/mol. The maximum Gasteiger partial charge on any atom is 0.410 e. The molecule has 0 bridgehead atoms. The summed E-state index contributed by atoms with van der Waals surface area (Å²) in [6, 6.07) is 2.04. The van der Waals surface area contributed by atoms with Crippen LogP contribution in [0.25, 0.3) is 11.6 Å². The molecule has 2 aromatic heterocycles. The number of nitrogens with zero attached hydrogens (tertiary/aromatic N) is 4. The molecule has 2 fully saturated rings. The van der Waals surface area contributed by atoms with E-state index in [9.17, 15) is 9.90 Å². The molecule has 9 heteroatoms. The van der Waals surface area contributed by atoms with Crippen molar-refractivity contribution in [3.05, 3.63) is 39.6 Å². The standard InChI is InChI=1S/C22H26N4O4S/c1-22(2,28)19-13-31-20(24-19)14-9-16-17(10-14)23-4-3-18(16)25-5-7-26(8-6-25)21(27)30-15-11-29-12-15/h3-4,9,13,15,28H,5-8,10-12H2,1-2H3. The third-order valence-corrected chi connectivity index (χ3v) is 6.80. The van der Waals surface area contributed by atoms with E-state index in [1.165, 1.54) is 0 Å². The van der Waals surface area contributed by atoms with Crippen LogP contribution in [0.5, 0.6) is 0 Å². The lowest BCUT2D eigenvalue weighted by molar-refractivity contribution is -0.104. The monoisotopic (exact) mass is 442 g/mol. The molecule has 31 heavy (non-hydrogen) atoms. The van der Waals surface area contributed by atoms with Crippen LogP contribution in [0.2, 0.25) is 0 Å². The van der Waals surface area contributed by atoms with E-state index in [2.05, 4.69) is 20.9 Å². The van der Waals surface area contributed by atoms with Crippen LogP contribution in [-0.4, -0.2) is 71.6 Å². The molecule has 4 heterocycles. The number of aliphatic hydroxyl groups is 1. The van der Waals surface area contributed by atoms with Gasteiger partial charge in [-0.1, -0.05) is 0 Å². The van der Waals surface area contributed by atoms with E-state index in [-0.39, 0.29) is 12.2 Å². The van der Waals surface area contributed by atoms with Crippen LogP contribution in [0.3, 0.4) is 0 Å². The third kappa shape index (κ3) is 4.05. The number of thiazole rings is 1. The predicted octanol–water partition coefficient (Wildman–Crippen LogP) is 2.52. The molecule has 1 N–H and O–H groups in total. The quantitative estimate of drug-likeness (QED) is 0.778. The summed E-state index contributed by atoms with van der Waals surface area (Å²) in [4.78, 5) is 25.6. The SMILES string of the molecule is CC(C)(O)c1csc(C2=Cc3c(N4CCN(C(=O)OC5COC5)CC4)ccnc3C2)n1. The highest BCUT2D eigenvalue weighted by Crippen LogP contribution is 2.38. The summed E-state index contributed by atoms with van der Waals surface area (Å²) >= 11 is 1.55. The number of anilines is 1. The molecule has 1 aliphatic carbocycles. The van der Waals surface area contributed by atoms with Gasteiger partial charge in [-0.15, -0.1) is 11.3 Å². The zero-order valence-corrected chi connectivity index (χ0v) is 18.5. The Bertz CT molecular complexity index is 1020. The highest BCUT2D eigenvalue weighted by atomic mass is 32.1. The first kappa shape index (κ1) is 20.4. The van der Waals surface area contributed by atoms with Crippen molar-refractivity contribution in [2.24, 2.45) is 0 Å². The van der Waals surface area contributed by atoms with Crippen LogP contribution in [0.15, 0.2) is 17.6 Å². The summed E-state index contributed by atoms with van der Waals surface area (Å²) < 4.78 is 10.5. The van der Waals surface area contributed by atoms with E-state index in [0.29, 0.717) is 32.0 Å². The number of carbonyl (C=O) groups is 1. The summed E-state index contributed by atoms with van der Waals surface area (Å²) in [6.45, 7) is 7.24. The van der Waals surface area contributed by atoms with Gasteiger partial charge in [0.1, 0.15) is 10.6 Å². The smallest absolute Gasteiger partial charge is 0.410 e. The normalized spacial score (nSPS) is 19.1. The number of amides is 1. The molecule has 0 radical (unpaired) electrons. The summed E-state index contributed by atoms with van der Waals surface area (Å²) in [6.07, 6.45) is 4.41. The van der Waals surface area contributed by atoms with Gasteiger partial charge in [0.25, 0.3) is 0 Å². The fourth-order valence-corrected chi connectivity index (χ4v) is 4.95. The fourth-order valence-electron chi connectivity index (χ4n) is 3.95. The molecule has 0 saturated carbocycles. The summed E-state index contributed by atoms with van der Waals surface area (Å²) in [7, 11) is 0. The number of hydrogen-bond donors (Lipinski definition) is 1. The molecule has 2 saturated heterocycles. The van der Waals surface area contributed by atoms with Crippen molar-refractivity contribution in [2.45, 2.75) is 32.0 Å². The number of aromatic nitrogens is 2. The van der Waals surface area contributed by atoms with Crippen LogP contribution in [0.1, 0.15) is 35.8 Å². The lowest BCUT2D eigenvalue weighted by atomic mass is 10.1. The molecule has 0 atom stereocenters. The second kappa shape index (κ2) is 7.89. The second-order valence-electron chi connectivity index (χ2n) is 8.65. The minimum atomic E-state index is -0.948. The van der Waals surface area contributed by atoms with Crippen molar-refractivity contribution in [1.29, 1.82) is 0 Å². The fraction of sp³-hybridized carbons (Fsp3) is 0.500. The summed E-state index contributed by atoms with van der Waals surface area (Å²) in [5, 5.41) is 13.1. The average Bonchev–Trinajstić information content (AvgIpc) is 3.37. The van der Waals surface area contributed by atoms with Crippen molar-refractivity contribution in [2.75, 3.05) is 44.3 Å². The molecule has 3 aliphatic rings. The van der Waals surface area contributed by atoms with Crippen molar-refractivity contribution in [3.8, 4) is 0 Å². The van der Waals surface area contributed by atoms with Gasteiger partial charge in [-0.05, 0) is 31.6 Å². The highest BCUT2D eigenvalue weighted by Gasteiger charge is 2.30. The van der Waals surface area contributed by atoms with Crippen molar-refractivity contribution < 1.29 is 19.4 Å². The molecule has 1 amide bonds. The van der Waals surface area contributed by atoms with Crippen molar-refractivity contribution in [1.82, 2.24) is 14.9 Å². The van der Waals surface area contributed by atoms with E-state index >= 15 is 0 Å². The Kier molecular flexibility index (Phi) is 5.19. The first-order chi connectivity index (χ1) is 14.9. The lowest BCUT2D eigenvalue weighted by Crippen LogP contribution is -2.51. The zero-order chi connectivity index (χ0) is 21.6. The Balaban J connectivity index is 1.29. The number of carbonyl (C=O) groups excluding carboxylic acids is 1. The van der Waals surface area contributed by atoms with E-state index in [1.807, 2.05) is 17.6 Å². The summed E-state index contributed by atoms with van der Waals surface area (Å²) in [5.74, 6) is 0. The van der Waals surface area contributed by atoms with Crippen LogP contribution in [-0.2, 0) is 21.5 Å². The lowest BCUT2D eigenvalue weighted by Gasteiger charge is -2.37. The average molecular weight is 443 g/mol. The van der Waals surface area contributed by atoms with Crippen LogP contribution >= 0.6 is 11.3 Å². The first-order valence-corrected chi connectivity index (χ1v) is 11.4. The molecular formula is C22H26N4O4S. The van der Waals surface area contributed by atoms with Crippen molar-refractivity contribution in [3.63, 3.8) is 0 Å². The van der Waals surface area contributed by atoms with E-state index in [1.54, 1.807) is 30.1 Å².